The number of hydrogen-bond donors (Lipinski definition) is 3. The summed E-state index contributed by atoms with van der Waals surface area (Å²) in [4.78, 5) is 28.2. The lowest BCUT2D eigenvalue weighted by Crippen LogP contribution is -2.25. The number of nitrogens with zero attached hydrogens (tertiary/aromatic N) is 4. The maximum absolute atomic E-state index is 15.6. The third-order valence-electron chi connectivity index (χ3n) is 6.95. The molecule has 4 aromatic rings. The van der Waals surface area contributed by atoms with E-state index in [9.17, 15) is 4.79 Å². The number of halogens is 2. The van der Waals surface area contributed by atoms with Gasteiger partial charge in [-0.3, -0.25) is 9.79 Å². The van der Waals surface area contributed by atoms with Crippen LogP contribution in [0.1, 0.15) is 33.5 Å². The van der Waals surface area contributed by atoms with E-state index in [1.54, 1.807) is 49.6 Å². The molecule has 3 N–H and O–H groups in total. The number of carbonyl (C=O) groups excluding carboxylic acids is 1. The molecule has 0 saturated carbocycles. The number of rotatable bonds is 9. The Kier molecular flexibility index (Phi) is 8.56. The lowest BCUT2D eigenvalue weighted by Gasteiger charge is -2.24. The van der Waals surface area contributed by atoms with Crippen LogP contribution in [0.15, 0.2) is 71.9 Å². The van der Waals surface area contributed by atoms with Gasteiger partial charge in [0, 0.05) is 65.5 Å². The fourth-order valence-corrected chi connectivity index (χ4v) is 5.03. The predicted molar refractivity (Wildman–Crippen MR) is 163 cm³/mol. The summed E-state index contributed by atoms with van der Waals surface area (Å²) in [6.07, 6.45) is 2.64. The summed E-state index contributed by atoms with van der Waals surface area (Å²) in [5.74, 6) is -0.130. The summed E-state index contributed by atoms with van der Waals surface area (Å²) < 4.78 is 15.6. The van der Waals surface area contributed by atoms with Crippen LogP contribution in [0, 0.1) is 5.82 Å². The SMILES string of the molecule is CNCCCN(C)c1cccc(F)c1C1=NCc2cnc(Nc3ccc(C(=O)NC)cc3)nc2-c2ccc(Cl)cc21. The largest absolute Gasteiger partial charge is 0.374 e. The van der Waals surface area contributed by atoms with Gasteiger partial charge in [0.15, 0.2) is 0 Å². The number of nitrogens with one attached hydrogen (secondary N) is 3. The van der Waals surface area contributed by atoms with Crippen molar-refractivity contribution in [2.45, 2.75) is 13.0 Å². The quantitative estimate of drug-likeness (QED) is 0.232. The average Bonchev–Trinajstić information content (AvgIpc) is 3.13. The molecule has 1 aromatic heterocycles. The highest BCUT2D eigenvalue weighted by atomic mass is 35.5. The molecule has 1 amide bonds. The van der Waals surface area contributed by atoms with Crippen LogP contribution in [0.25, 0.3) is 11.3 Å². The van der Waals surface area contributed by atoms with Crippen molar-refractivity contribution >= 4 is 40.5 Å². The predicted octanol–water partition coefficient (Wildman–Crippen LogP) is 5.44. The summed E-state index contributed by atoms with van der Waals surface area (Å²) in [6, 6.07) is 17.6. The summed E-state index contributed by atoms with van der Waals surface area (Å²) in [5.41, 5.74) is 5.98. The topological polar surface area (TPSA) is 94.5 Å². The molecule has 8 nitrogen and oxygen atoms in total. The second kappa shape index (κ2) is 12.4. The van der Waals surface area contributed by atoms with Crippen LogP contribution in [0.3, 0.4) is 0 Å². The van der Waals surface area contributed by atoms with E-state index in [4.69, 9.17) is 21.6 Å². The van der Waals surface area contributed by atoms with Crippen molar-refractivity contribution in [3.8, 4) is 11.3 Å². The van der Waals surface area contributed by atoms with E-state index in [0.29, 0.717) is 39.1 Å². The maximum atomic E-state index is 15.6. The highest BCUT2D eigenvalue weighted by Gasteiger charge is 2.26. The Morgan fingerprint density at radius 2 is 1.88 bits per heavy atom. The zero-order chi connectivity index (χ0) is 28.9. The Morgan fingerprint density at radius 3 is 2.63 bits per heavy atom. The third-order valence-corrected chi connectivity index (χ3v) is 7.19. The molecular weight excluding hydrogens is 541 g/mol. The van der Waals surface area contributed by atoms with E-state index in [1.165, 1.54) is 6.07 Å². The molecule has 1 aliphatic rings. The van der Waals surface area contributed by atoms with Crippen molar-refractivity contribution in [1.29, 1.82) is 0 Å². The Balaban J connectivity index is 1.54. The monoisotopic (exact) mass is 571 g/mol. The zero-order valence-corrected chi connectivity index (χ0v) is 23.9. The number of anilines is 3. The Morgan fingerprint density at radius 1 is 1.07 bits per heavy atom. The highest BCUT2D eigenvalue weighted by Crippen LogP contribution is 2.36. The molecule has 41 heavy (non-hydrogen) atoms. The van der Waals surface area contributed by atoms with Crippen molar-refractivity contribution < 1.29 is 9.18 Å². The molecule has 0 saturated heterocycles. The normalized spacial score (nSPS) is 12.1. The number of aliphatic imine (C=N–C) groups is 1. The molecule has 210 valence electrons. The molecule has 0 fully saturated rings. The Labute approximate surface area is 243 Å². The molecule has 0 spiro atoms. The fourth-order valence-electron chi connectivity index (χ4n) is 4.86. The van der Waals surface area contributed by atoms with Crippen molar-refractivity contribution in [2.75, 3.05) is 44.4 Å². The van der Waals surface area contributed by atoms with Gasteiger partial charge in [0.1, 0.15) is 5.82 Å². The third kappa shape index (κ3) is 6.06. The van der Waals surface area contributed by atoms with E-state index in [0.717, 1.165) is 42.0 Å². The van der Waals surface area contributed by atoms with Crippen molar-refractivity contribution in [1.82, 2.24) is 20.6 Å². The molecule has 0 unspecified atom stereocenters. The minimum absolute atomic E-state index is 0.161. The number of aromatic nitrogens is 2. The van der Waals surface area contributed by atoms with E-state index < -0.39 is 0 Å². The molecular formula is C31H31ClFN7O. The molecule has 0 aliphatic carbocycles. The number of fused-ring (bicyclic) bond motifs is 3. The molecule has 0 bridgehead atoms. The first-order chi connectivity index (χ1) is 19.9. The number of amides is 1. The zero-order valence-electron chi connectivity index (χ0n) is 23.1. The lowest BCUT2D eigenvalue weighted by atomic mass is 9.94. The Bertz CT molecular complexity index is 1610. The minimum atomic E-state index is -0.354. The van der Waals surface area contributed by atoms with Crippen molar-refractivity contribution in [3.63, 3.8) is 0 Å². The molecule has 0 radical (unpaired) electrons. The second-order valence-electron chi connectivity index (χ2n) is 9.72. The van der Waals surface area contributed by atoms with Gasteiger partial charge in [-0.25, -0.2) is 14.4 Å². The van der Waals surface area contributed by atoms with Gasteiger partial charge in [0.2, 0.25) is 5.95 Å². The first kappa shape index (κ1) is 28.2. The minimum Gasteiger partial charge on any atom is -0.374 e. The van der Waals surface area contributed by atoms with Crippen LogP contribution in [0.2, 0.25) is 5.02 Å². The first-order valence-corrected chi connectivity index (χ1v) is 13.7. The number of benzene rings is 3. The van der Waals surface area contributed by atoms with Gasteiger partial charge < -0.3 is 20.9 Å². The van der Waals surface area contributed by atoms with Crippen LogP contribution in [-0.2, 0) is 6.54 Å². The Hall–Kier alpha value is -4.34. The van der Waals surface area contributed by atoms with Gasteiger partial charge >= 0.3 is 0 Å². The van der Waals surface area contributed by atoms with Gasteiger partial charge in [-0.2, -0.15) is 0 Å². The van der Waals surface area contributed by atoms with E-state index in [1.807, 2.05) is 32.3 Å². The number of carbonyl (C=O) groups is 1. The highest BCUT2D eigenvalue weighted by molar-refractivity contribution is 6.32. The smallest absolute Gasteiger partial charge is 0.251 e. The number of hydrogen-bond acceptors (Lipinski definition) is 7. The van der Waals surface area contributed by atoms with Crippen molar-refractivity contribution in [2.24, 2.45) is 4.99 Å². The first-order valence-electron chi connectivity index (χ1n) is 13.3. The van der Waals surface area contributed by atoms with E-state index in [-0.39, 0.29) is 18.3 Å². The molecule has 2 heterocycles. The van der Waals surface area contributed by atoms with Crippen LogP contribution < -0.4 is 20.9 Å². The second-order valence-corrected chi connectivity index (χ2v) is 10.2. The van der Waals surface area contributed by atoms with Crippen LogP contribution in [0.4, 0.5) is 21.7 Å². The average molecular weight is 572 g/mol. The van der Waals surface area contributed by atoms with Gasteiger partial charge in [0.05, 0.1) is 23.5 Å². The summed E-state index contributed by atoms with van der Waals surface area (Å²) >= 11 is 6.48. The van der Waals surface area contributed by atoms with Crippen LogP contribution >= 0.6 is 11.6 Å². The molecule has 10 heteroatoms. The van der Waals surface area contributed by atoms with E-state index >= 15 is 4.39 Å². The molecule has 5 rings (SSSR count). The van der Waals surface area contributed by atoms with Gasteiger partial charge in [0.25, 0.3) is 5.91 Å². The summed E-state index contributed by atoms with van der Waals surface area (Å²) in [6.45, 7) is 1.88. The standard InChI is InChI=1S/C31H31ClFN7O/c1-34-14-5-15-40(3)26-7-4-6-25(33)27(26)29-24-16-21(32)10-13-23(24)28-20(17-36-29)18-37-31(39-28)38-22-11-8-19(9-12-22)30(41)35-2/h4,6-13,16,18,34H,5,14-15,17H2,1-3H3,(H,35,41)(H,37,38,39). The van der Waals surface area contributed by atoms with E-state index in [2.05, 4.69) is 25.8 Å². The lowest BCUT2D eigenvalue weighted by molar-refractivity contribution is 0.0963. The van der Waals surface area contributed by atoms with Crippen molar-refractivity contribution in [3.05, 3.63) is 100.0 Å². The maximum Gasteiger partial charge on any atom is 0.251 e. The van der Waals surface area contributed by atoms with Gasteiger partial charge in [-0.05, 0) is 68.5 Å². The molecule has 0 atom stereocenters. The van der Waals surface area contributed by atoms with Gasteiger partial charge in [-0.1, -0.05) is 23.7 Å². The summed E-state index contributed by atoms with van der Waals surface area (Å²) in [5, 5.41) is 9.50. The van der Waals surface area contributed by atoms with Crippen LogP contribution in [-0.4, -0.2) is 55.8 Å². The van der Waals surface area contributed by atoms with Crippen LogP contribution in [0.5, 0.6) is 0 Å². The molecule has 3 aromatic carbocycles. The van der Waals surface area contributed by atoms with Gasteiger partial charge in [-0.15, -0.1) is 0 Å². The fraction of sp³-hybridized carbons (Fsp3) is 0.226. The molecule has 1 aliphatic heterocycles. The summed E-state index contributed by atoms with van der Waals surface area (Å²) in [7, 11) is 5.47.